The van der Waals surface area contributed by atoms with E-state index in [0.717, 1.165) is 6.54 Å². The van der Waals surface area contributed by atoms with Crippen LogP contribution in [0, 0.1) is 5.92 Å². The zero-order chi connectivity index (χ0) is 13.7. The summed E-state index contributed by atoms with van der Waals surface area (Å²) in [6, 6.07) is 11.0. The summed E-state index contributed by atoms with van der Waals surface area (Å²) in [4.78, 5) is 4.67. The van der Waals surface area contributed by atoms with Gasteiger partial charge in [-0.25, -0.2) is 0 Å². The smallest absolute Gasteiger partial charge is 0.0654 e. The van der Waals surface area contributed by atoms with E-state index < -0.39 is 0 Å². The van der Waals surface area contributed by atoms with E-state index in [9.17, 15) is 0 Å². The molecule has 1 aromatic carbocycles. The lowest BCUT2D eigenvalue weighted by Crippen LogP contribution is -2.27. The standard InChI is InChI=1S/C17H24N2/c1-4-8-13(3)16(18-5-2)17-15-10-7-6-9-14(15)11-12-19-17/h6-7,9-13,16,18H,4-5,8H2,1-3H3. The molecular weight excluding hydrogens is 232 g/mol. The molecule has 0 amide bonds. The number of benzene rings is 1. The summed E-state index contributed by atoms with van der Waals surface area (Å²) in [5.41, 5.74) is 1.20. The minimum Gasteiger partial charge on any atom is -0.309 e. The monoisotopic (exact) mass is 256 g/mol. The maximum atomic E-state index is 4.67. The predicted octanol–water partition coefficient (Wildman–Crippen LogP) is 4.32. The van der Waals surface area contributed by atoms with Gasteiger partial charge in [0, 0.05) is 11.6 Å². The molecule has 0 aliphatic rings. The molecule has 0 saturated heterocycles. The fourth-order valence-electron chi connectivity index (χ4n) is 2.80. The van der Waals surface area contributed by atoms with Crippen LogP contribution < -0.4 is 5.32 Å². The summed E-state index contributed by atoms with van der Waals surface area (Å²) >= 11 is 0. The van der Waals surface area contributed by atoms with Crippen LogP contribution >= 0.6 is 0 Å². The second-order valence-corrected chi connectivity index (χ2v) is 5.22. The van der Waals surface area contributed by atoms with Gasteiger partial charge in [0.05, 0.1) is 11.7 Å². The van der Waals surface area contributed by atoms with Gasteiger partial charge in [0.1, 0.15) is 0 Å². The van der Waals surface area contributed by atoms with Gasteiger partial charge in [-0.3, -0.25) is 4.98 Å². The van der Waals surface area contributed by atoms with E-state index in [-0.39, 0.29) is 0 Å². The van der Waals surface area contributed by atoms with E-state index in [1.54, 1.807) is 0 Å². The van der Waals surface area contributed by atoms with Crippen molar-refractivity contribution >= 4 is 10.8 Å². The Balaban J connectivity index is 2.43. The van der Waals surface area contributed by atoms with Crippen LogP contribution in [0.3, 0.4) is 0 Å². The first kappa shape index (κ1) is 14.0. The Hall–Kier alpha value is -1.41. The van der Waals surface area contributed by atoms with Crippen molar-refractivity contribution in [3.05, 3.63) is 42.2 Å². The summed E-state index contributed by atoms with van der Waals surface area (Å²) in [7, 11) is 0. The van der Waals surface area contributed by atoms with Crippen LogP contribution in [0.5, 0.6) is 0 Å². The van der Waals surface area contributed by atoms with E-state index in [0.29, 0.717) is 12.0 Å². The third kappa shape index (κ3) is 3.13. The maximum Gasteiger partial charge on any atom is 0.0654 e. The van der Waals surface area contributed by atoms with Crippen molar-refractivity contribution in [2.24, 2.45) is 5.92 Å². The topological polar surface area (TPSA) is 24.9 Å². The Morgan fingerprint density at radius 3 is 2.68 bits per heavy atom. The number of hydrogen-bond donors (Lipinski definition) is 1. The molecule has 0 spiro atoms. The van der Waals surface area contributed by atoms with Crippen LogP contribution in [0.2, 0.25) is 0 Å². The Kier molecular flexibility index (Phi) is 4.92. The molecule has 2 atom stereocenters. The van der Waals surface area contributed by atoms with Crippen molar-refractivity contribution < 1.29 is 0 Å². The lowest BCUT2D eigenvalue weighted by atomic mass is 9.91. The summed E-state index contributed by atoms with van der Waals surface area (Å²) in [6.07, 6.45) is 4.37. The summed E-state index contributed by atoms with van der Waals surface area (Å²) in [6.45, 7) is 7.71. The molecule has 19 heavy (non-hydrogen) atoms. The molecule has 1 aromatic heterocycles. The van der Waals surface area contributed by atoms with Crippen LogP contribution in [-0.2, 0) is 0 Å². The highest BCUT2D eigenvalue weighted by molar-refractivity contribution is 5.84. The maximum absolute atomic E-state index is 4.67. The number of nitrogens with one attached hydrogen (secondary N) is 1. The minimum atomic E-state index is 0.344. The van der Waals surface area contributed by atoms with Crippen molar-refractivity contribution in [2.75, 3.05) is 6.54 Å². The fourth-order valence-corrected chi connectivity index (χ4v) is 2.80. The normalized spacial score (nSPS) is 14.5. The molecule has 0 aliphatic carbocycles. The van der Waals surface area contributed by atoms with Gasteiger partial charge in [0.2, 0.25) is 0 Å². The molecule has 0 radical (unpaired) electrons. The first-order valence-electron chi connectivity index (χ1n) is 7.35. The summed E-state index contributed by atoms with van der Waals surface area (Å²) < 4.78 is 0. The van der Waals surface area contributed by atoms with Crippen molar-refractivity contribution in [3.63, 3.8) is 0 Å². The second-order valence-electron chi connectivity index (χ2n) is 5.22. The lowest BCUT2D eigenvalue weighted by molar-refractivity contribution is 0.365. The first-order valence-corrected chi connectivity index (χ1v) is 7.35. The second kappa shape index (κ2) is 6.67. The average Bonchev–Trinajstić information content (AvgIpc) is 2.44. The van der Waals surface area contributed by atoms with Gasteiger partial charge < -0.3 is 5.32 Å². The molecule has 2 aromatic rings. The Morgan fingerprint density at radius 1 is 1.16 bits per heavy atom. The Morgan fingerprint density at radius 2 is 1.95 bits per heavy atom. The Labute approximate surface area is 116 Å². The number of rotatable bonds is 6. The minimum absolute atomic E-state index is 0.344. The average molecular weight is 256 g/mol. The molecule has 1 heterocycles. The lowest BCUT2D eigenvalue weighted by Gasteiger charge is -2.25. The van der Waals surface area contributed by atoms with Crippen molar-refractivity contribution in [2.45, 2.75) is 39.7 Å². The molecule has 1 N–H and O–H groups in total. The molecule has 0 bridgehead atoms. The van der Waals surface area contributed by atoms with E-state index in [2.05, 4.69) is 61.4 Å². The molecule has 102 valence electrons. The summed E-state index contributed by atoms with van der Waals surface area (Å²) in [5.74, 6) is 0.600. The van der Waals surface area contributed by atoms with Gasteiger partial charge >= 0.3 is 0 Å². The summed E-state index contributed by atoms with van der Waals surface area (Å²) in [5, 5.41) is 6.17. The van der Waals surface area contributed by atoms with E-state index in [1.165, 1.54) is 29.3 Å². The molecule has 0 saturated carbocycles. The van der Waals surface area contributed by atoms with Crippen LogP contribution in [0.4, 0.5) is 0 Å². The highest BCUT2D eigenvalue weighted by Gasteiger charge is 2.20. The third-order valence-electron chi connectivity index (χ3n) is 3.74. The van der Waals surface area contributed by atoms with Crippen LogP contribution in [0.1, 0.15) is 45.3 Å². The largest absolute Gasteiger partial charge is 0.309 e. The molecule has 0 fully saturated rings. The van der Waals surface area contributed by atoms with Gasteiger partial charge in [0.25, 0.3) is 0 Å². The predicted molar refractivity (Wildman–Crippen MR) is 82.2 cm³/mol. The zero-order valence-corrected chi connectivity index (χ0v) is 12.2. The highest BCUT2D eigenvalue weighted by Crippen LogP contribution is 2.29. The fraction of sp³-hybridized carbons (Fsp3) is 0.471. The van der Waals surface area contributed by atoms with Gasteiger partial charge in [-0.2, -0.15) is 0 Å². The molecule has 2 nitrogen and oxygen atoms in total. The van der Waals surface area contributed by atoms with Crippen LogP contribution in [0.15, 0.2) is 36.5 Å². The molecular formula is C17H24N2. The van der Waals surface area contributed by atoms with E-state index in [1.807, 2.05) is 6.20 Å². The molecule has 0 aliphatic heterocycles. The van der Waals surface area contributed by atoms with E-state index in [4.69, 9.17) is 0 Å². The molecule has 2 rings (SSSR count). The van der Waals surface area contributed by atoms with E-state index >= 15 is 0 Å². The van der Waals surface area contributed by atoms with Crippen LogP contribution in [0.25, 0.3) is 10.8 Å². The number of hydrogen-bond acceptors (Lipinski definition) is 2. The van der Waals surface area contributed by atoms with Gasteiger partial charge in [-0.1, -0.05) is 51.5 Å². The van der Waals surface area contributed by atoms with Crippen molar-refractivity contribution in [1.29, 1.82) is 0 Å². The SMILES string of the molecule is CCCC(C)C(NCC)c1nccc2ccccc12. The number of aromatic nitrogens is 1. The third-order valence-corrected chi connectivity index (χ3v) is 3.74. The van der Waals surface area contributed by atoms with Crippen LogP contribution in [-0.4, -0.2) is 11.5 Å². The first-order chi connectivity index (χ1) is 9.27. The van der Waals surface area contributed by atoms with Crippen molar-refractivity contribution in [3.8, 4) is 0 Å². The molecule has 2 heteroatoms. The number of fused-ring (bicyclic) bond motifs is 1. The van der Waals surface area contributed by atoms with Gasteiger partial charge in [0.15, 0.2) is 0 Å². The number of pyridine rings is 1. The Bertz CT molecular complexity index is 516. The highest BCUT2D eigenvalue weighted by atomic mass is 14.9. The van der Waals surface area contributed by atoms with Gasteiger partial charge in [-0.05, 0) is 30.3 Å². The zero-order valence-electron chi connectivity index (χ0n) is 12.2. The number of nitrogens with zero attached hydrogens (tertiary/aromatic N) is 1. The molecule has 2 unspecified atom stereocenters. The van der Waals surface area contributed by atoms with Crippen molar-refractivity contribution in [1.82, 2.24) is 10.3 Å². The van der Waals surface area contributed by atoms with Gasteiger partial charge in [-0.15, -0.1) is 0 Å². The quantitative estimate of drug-likeness (QED) is 0.832.